The van der Waals surface area contributed by atoms with Gasteiger partial charge in [-0.05, 0) is 62.1 Å². The molecular formula is C24H27N3O5S2. The van der Waals surface area contributed by atoms with Gasteiger partial charge in [-0.1, -0.05) is 11.3 Å². The second-order valence-corrected chi connectivity index (χ2v) is 11.5. The third kappa shape index (κ3) is 4.55. The topological polar surface area (TPSA) is 89.0 Å². The van der Waals surface area contributed by atoms with Gasteiger partial charge in [-0.15, -0.1) is 0 Å². The molecule has 3 aromatic rings. The number of ether oxygens (including phenoxy) is 2. The molecule has 2 aliphatic heterocycles. The molecule has 0 radical (unpaired) electrons. The molecule has 1 aromatic heterocycles. The molecule has 2 aromatic carbocycles. The number of carbonyl (C=O) groups is 1. The zero-order valence-corrected chi connectivity index (χ0v) is 20.6. The van der Waals surface area contributed by atoms with E-state index in [0.717, 1.165) is 35.9 Å². The molecule has 180 valence electrons. The Bertz CT molecular complexity index is 1280. The molecule has 0 aliphatic carbocycles. The number of thiazole rings is 1. The molecule has 2 aliphatic rings. The number of fused-ring (bicyclic) bond motifs is 1. The van der Waals surface area contributed by atoms with Crippen LogP contribution in [0, 0.1) is 0 Å². The second kappa shape index (κ2) is 9.61. The Morgan fingerprint density at radius 1 is 1.18 bits per heavy atom. The lowest BCUT2D eigenvalue weighted by Gasteiger charge is -2.23. The van der Waals surface area contributed by atoms with Gasteiger partial charge in [-0.25, -0.2) is 13.4 Å². The third-order valence-corrected chi connectivity index (χ3v) is 9.25. The Labute approximate surface area is 203 Å². The Morgan fingerprint density at radius 3 is 2.62 bits per heavy atom. The van der Waals surface area contributed by atoms with Crippen LogP contribution in [-0.4, -0.2) is 63.1 Å². The van der Waals surface area contributed by atoms with E-state index in [1.807, 2.05) is 18.2 Å². The van der Waals surface area contributed by atoms with Crippen molar-refractivity contribution in [2.24, 2.45) is 0 Å². The van der Waals surface area contributed by atoms with E-state index >= 15 is 0 Å². The fourth-order valence-corrected chi connectivity index (χ4v) is 6.85. The molecule has 2 saturated heterocycles. The Morgan fingerprint density at radius 2 is 1.94 bits per heavy atom. The van der Waals surface area contributed by atoms with Crippen molar-refractivity contribution in [1.29, 1.82) is 0 Å². The van der Waals surface area contributed by atoms with E-state index in [0.29, 0.717) is 42.7 Å². The SMILES string of the molecule is COc1ccc2sc(N(CC3CCCO3)C(=O)c3ccc(S(=O)(=O)N4CCCC4)cc3)nc2c1. The van der Waals surface area contributed by atoms with E-state index in [4.69, 9.17) is 14.5 Å². The molecule has 1 unspecified atom stereocenters. The van der Waals surface area contributed by atoms with Crippen LogP contribution in [0.2, 0.25) is 0 Å². The van der Waals surface area contributed by atoms with E-state index in [-0.39, 0.29) is 16.9 Å². The van der Waals surface area contributed by atoms with Gasteiger partial charge in [0.05, 0.1) is 34.9 Å². The first-order chi connectivity index (χ1) is 16.5. The predicted molar refractivity (Wildman–Crippen MR) is 131 cm³/mol. The molecule has 5 rings (SSSR count). The Balaban J connectivity index is 1.44. The van der Waals surface area contributed by atoms with Crippen molar-refractivity contribution in [2.45, 2.75) is 36.7 Å². The number of amides is 1. The van der Waals surface area contributed by atoms with Crippen LogP contribution < -0.4 is 9.64 Å². The fourth-order valence-electron chi connectivity index (χ4n) is 4.38. The lowest BCUT2D eigenvalue weighted by Crippen LogP contribution is -2.37. The summed E-state index contributed by atoms with van der Waals surface area (Å²) in [5.74, 6) is 0.475. The zero-order chi connectivity index (χ0) is 23.7. The molecule has 0 bridgehead atoms. The summed E-state index contributed by atoms with van der Waals surface area (Å²) in [6.07, 6.45) is 3.55. The minimum Gasteiger partial charge on any atom is -0.497 e. The maximum Gasteiger partial charge on any atom is 0.260 e. The molecule has 0 spiro atoms. The number of hydrogen-bond acceptors (Lipinski definition) is 7. The van der Waals surface area contributed by atoms with Crippen LogP contribution in [0.5, 0.6) is 5.75 Å². The van der Waals surface area contributed by atoms with Gasteiger partial charge in [0.25, 0.3) is 5.91 Å². The molecule has 10 heteroatoms. The van der Waals surface area contributed by atoms with E-state index < -0.39 is 10.0 Å². The van der Waals surface area contributed by atoms with Gasteiger partial charge in [-0.3, -0.25) is 9.69 Å². The number of benzene rings is 2. The average Bonchev–Trinajstić information content (AvgIpc) is 3.63. The first-order valence-corrected chi connectivity index (χ1v) is 13.7. The van der Waals surface area contributed by atoms with E-state index in [1.165, 1.54) is 27.8 Å². The lowest BCUT2D eigenvalue weighted by atomic mass is 10.2. The Kier molecular flexibility index (Phi) is 6.57. The third-order valence-electron chi connectivity index (χ3n) is 6.27. The van der Waals surface area contributed by atoms with Crippen molar-refractivity contribution >= 4 is 42.6 Å². The molecule has 0 saturated carbocycles. The predicted octanol–water partition coefficient (Wildman–Crippen LogP) is 3.92. The number of rotatable bonds is 7. The smallest absolute Gasteiger partial charge is 0.260 e. The number of hydrogen-bond donors (Lipinski definition) is 0. The highest BCUT2D eigenvalue weighted by Gasteiger charge is 2.29. The lowest BCUT2D eigenvalue weighted by molar-refractivity contribution is 0.0917. The van der Waals surface area contributed by atoms with Crippen molar-refractivity contribution in [3.63, 3.8) is 0 Å². The van der Waals surface area contributed by atoms with Crippen molar-refractivity contribution in [3.8, 4) is 5.75 Å². The summed E-state index contributed by atoms with van der Waals surface area (Å²) < 4.78 is 39.3. The van der Waals surface area contributed by atoms with E-state index in [9.17, 15) is 13.2 Å². The van der Waals surface area contributed by atoms with Gasteiger partial charge in [0.15, 0.2) is 5.13 Å². The standard InChI is InChI=1S/C24H27N3O5S2/c1-31-18-8-11-22-21(15-18)25-24(33-22)27(16-19-5-4-14-32-19)23(28)17-6-9-20(10-7-17)34(29,30)26-12-2-3-13-26/h6-11,15,19H,2-5,12-14,16H2,1H3. The molecule has 34 heavy (non-hydrogen) atoms. The summed E-state index contributed by atoms with van der Waals surface area (Å²) in [5.41, 5.74) is 1.17. The maximum absolute atomic E-state index is 13.6. The maximum atomic E-state index is 13.6. The van der Waals surface area contributed by atoms with Crippen LogP contribution in [0.15, 0.2) is 47.4 Å². The average molecular weight is 502 g/mol. The number of aromatic nitrogens is 1. The van der Waals surface area contributed by atoms with Crippen molar-refractivity contribution in [3.05, 3.63) is 48.0 Å². The van der Waals surface area contributed by atoms with Crippen molar-refractivity contribution in [1.82, 2.24) is 9.29 Å². The summed E-state index contributed by atoms with van der Waals surface area (Å²) in [6.45, 7) is 2.16. The summed E-state index contributed by atoms with van der Waals surface area (Å²) >= 11 is 1.44. The summed E-state index contributed by atoms with van der Waals surface area (Å²) in [5, 5.41) is 0.581. The highest BCUT2D eigenvalue weighted by atomic mass is 32.2. The van der Waals surface area contributed by atoms with Gasteiger partial charge in [0.2, 0.25) is 10.0 Å². The van der Waals surface area contributed by atoms with E-state index in [1.54, 1.807) is 24.1 Å². The van der Waals surface area contributed by atoms with Crippen LogP contribution in [0.4, 0.5) is 5.13 Å². The highest BCUT2D eigenvalue weighted by molar-refractivity contribution is 7.89. The molecule has 8 nitrogen and oxygen atoms in total. The van der Waals surface area contributed by atoms with Crippen molar-refractivity contribution < 1.29 is 22.7 Å². The van der Waals surface area contributed by atoms with Crippen LogP contribution in [0.1, 0.15) is 36.0 Å². The Hall–Kier alpha value is -2.53. The number of carbonyl (C=O) groups excluding carboxylic acids is 1. The van der Waals surface area contributed by atoms with Gasteiger partial charge in [0.1, 0.15) is 5.75 Å². The molecular weight excluding hydrogens is 474 g/mol. The summed E-state index contributed by atoms with van der Waals surface area (Å²) in [4.78, 5) is 20.2. The normalized spacial score (nSPS) is 19.0. The zero-order valence-electron chi connectivity index (χ0n) is 19.0. The van der Waals surface area contributed by atoms with Crippen LogP contribution in [0.25, 0.3) is 10.2 Å². The largest absolute Gasteiger partial charge is 0.497 e. The quantitative estimate of drug-likeness (QED) is 0.488. The molecule has 1 amide bonds. The molecule has 1 atom stereocenters. The van der Waals surface area contributed by atoms with E-state index in [2.05, 4.69) is 0 Å². The van der Waals surface area contributed by atoms with Gasteiger partial charge in [0, 0.05) is 31.3 Å². The summed E-state index contributed by atoms with van der Waals surface area (Å²) in [6, 6.07) is 11.9. The van der Waals surface area contributed by atoms with Crippen molar-refractivity contribution in [2.75, 3.05) is 38.3 Å². The first-order valence-electron chi connectivity index (χ1n) is 11.4. The second-order valence-electron chi connectivity index (χ2n) is 8.52. The number of nitrogens with zero attached hydrogens (tertiary/aromatic N) is 3. The van der Waals surface area contributed by atoms with Gasteiger partial charge in [-0.2, -0.15) is 4.31 Å². The fraction of sp³-hybridized carbons (Fsp3) is 0.417. The monoisotopic (exact) mass is 501 g/mol. The molecule has 2 fully saturated rings. The minimum absolute atomic E-state index is 0.0553. The minimum atomic E-state index is -3.53. The number of anilines is 1. The highest BCUT2D eigenvalue weighted by Crippen LogP contribution is 2.33. The number of methoxy groups -OCH3 is 1. The van der Waals surface area contributed by atoms with Crippen LogP contribution in [0.3, 0.4) is 0 Å². The first kappa shape index (κ1) is 23.2. The van der Waals surface area contributed by atoms with Crippen LogP contribution >= 0.6 is 11.3 Å². The van der Waals surface area contributed by atoms with Gasteiger partial charge < -0.3 is 9.47 Å². The van der Waals surface area contributed by atoms with Gasteiger partial charge >= 0.3 is 0 Å². The van der Waals surface area contributed by atoms with Crippen LogP contribution in [-0.2, 0) is 14.8 Å². The summed E-state index contributed by atoms with van der Waals surface area (Å²) in [7, 11) is -1.92. The molecule has 3 heterocycles. The molecule has 0 N–H and O–H groups in total. The number of sulfonamides is 1.